The van der Waals surface area contributed by atoms with Crippen LogP contribution in [-0.2, 0) is 10.3 Å². The Balaban J connectivity index is 1.60. The van der Waals surface area contributed by atoms with Gasteiger partial charge >= 0.3 is 0 Å². The Labute approximate surface area is 154 Å². The van der Waals surface area contributed by atoms with E-state index in [1.54, 1.807) is 16.8 Å². The molecule has 0 aliphatic heterocycles. The van der Waals surface area contributed by atoms with Crippen molar-refractivity contribution in [1.29, 1.82) is 0 Å². The normalized spacial score (nSPS) is 14.7. The Morgan fingerprint density at radius 3 is 2.79 bits per heavy atom. The van der Waals surface area contributed by atoms with Gasteiger partial charge in [0.2, 0.25) is 11.1 Å². The first-order chi connectivity index (χ1) is 11.4. The zero-order chi connectivity index (χ0) is 17.3. The third-order valence-corrected chi connectivity index (χ3v) is 5.45. The van der Waals surface area contributed by atoms with Gasteiger partial charge in [0.1, 0.15) is 0 Å². The molecule has 0 unspecified atom stereocenters. The van der Waals surface area contributed by atoms with Crippen molar-refractivity contribution in [2.24, 2.45) is 0 Å². The van der Waals surface area contributed by atoms with E-state index in [0.29, 0.717) is 21.2 Å². The third kappa shape index (κ3) is 4.02. The Morgan fingerprint density at radius 2 is 2.12 bits per heavy atom. The lowest BCUT2D eigenvalue weighted by atomic mass is 9.94. The minimum absolute atomic E-state index is 0.0959. The van der Waals surface area contributed by atoms with Crippen molar-refractivity contribution < 1.29 is 4.79 Å². The van der Waals surface area contributed by atoms with Crippen molar-refractivity contribution in [2.75, 3.05) is 5.75 Å². The summed E-state index contributed by atoms with van der Waals surface area (Å²) in [5.41, 5.74) is 0.326. The highest BCUT2D eigenvalue weighted by Crippen LogP contribution is 2.36. The molecule has 24 heavy (non-hydrogen) atoms. The number of aromatic nitrogens is 4. The van der Waals surface area contributed by atoms with Crippen LogP contribution >= 0.6 is 35.0 Å². The molecule has 1 fully saturated rings. The lowest BCUT2D eigenvalue weighted by molar-refractivity contribution is -0.120. The van der Waals surface area contributed by atoms with E-state index in [9.17, 15) is 4.79 Å². The Hall–Kier alpha value is -1.31. The van der Waals surface area contributed by atoms with Crippen molar-refractivity contribution in [1.82, 2.24) is 25.5 Å². The number of hydrogen-bond acceptors (Lipinski definition) is 5. The largest absolute Gasteiger partial charge is 0.346 e. The van der Waals surface area contributed by atoms with Crippen LogP contribution in [0.2, 0.25) is 10.0 Å². The molecule has 3 rings (SSSR count). The number of carbonyl (C=O) groups is 1. The minimum atomic E-state index is -0.561. The van der Waals surface area contributed by atoms with Crippen molar-refractivity contribution >= 4 is 40.9 Å². The van der Waals surface area contributed by atoms with E-state index >= 15 is 0 Å². The molecule has 1 N–H and O–H groups in total. The van der Waals surface area contributed by atoms with E-state index in [1.165, 1.54) is 11.8 Å². The summed E-state index contributed by atoms with van der Waals surface area (Å²) in [6, 6.07) is 5.74. The number of benzene rings is 1. The van der Waals surface area contributed by atoms with Gasteiger partial charge in [-0.15, -0.1) is 5.10 Å². The van der Waals surface area contributed by atoms with Crippen molar-refractivity contribution in [3.05, 3.63) is 33.8 Å². The van der Waals surface area contributed by atoms with Gasteiger partial charge in [0.25, 0.3) is 0 Å². The third-order valence-electron chi connectivity index (χ3n) is 3.78. The van der Waals surface area contributed by atoms with E-state index in [2.05, 4.69) is 20.8 Å². The van der Waals surface area contributed by atoms with Crippen LogP contribution in [0.15, 0.2) is 23.4 Å². The van der Waals surface area contributed by atoms with Crippen LogP contribution in [-0.4, -0.2) is 31.9 Å². The quantitative estimate of drug-likeness (QED) is 0.770. The maximum Gasteiger partial charge on any atom is 0.231 e. The Kier molecular flexibility index (Phi) is 5.03. The van der Waals surface area contributed by atoms with Crippen LogP contribution in [0, 0.1) is 0 Å². The van der Waals surface area contributed by atoms with Crippen LogP contribution in [0.5, 0.6) is 0 Å². The number of halogens is 2. The number of nitrogens with zero attached hydrogens (tertiary/aromatic N) is 4. The molecule has 1 heterocycles. The van der Waals surface area contributed by atoms with Crippen molar-refractivity contribution in [2.45, 2.75) is 43.4 Å². The predicted octanol–water partition coefficient (Wildman–Crippen LogP) is 3.46. The SMILES string of the molecule is CC(C)(NC(=O)CSc1nnnn1C1CC1)c1ccc(Cl)c(Cl)c1. The maximum absolute atomic E-state index is 12.3. The van der Waals surface area contributed by atoms with Crippen LogP contribution in [0.4, 0.5) is 0 Å². The van der Waals surface area contributed by atoms with Crippen molar-refractivity contribution in [3.63, 3.8) is 0 Å². The first-order valence-electron chi connectivity index (χ1n) is 7.54. The molecule has 2 aromatic rings. The molecule has 0 bridgehead atoms. The molecular formula is C15H17Cl2N5OS. The predicted molar refractivity (Wildman–Crippen MR) is 94.4 cm³/mol. The summed E-state index contributed by atoms with van der Waals surface area (Å²) in [5, 5.41) is 16.3. The zero-order valence-corrected chi connectivity index (χ0v) is 15.6. The van der Waals surface area contributed by atoms with E-state index < -0.39 is 5.54 Å². The molecular weight excluding hydrogens is 369 g/mol. The number of hydrogen-bond donors (Lipinski definition) is 1. The van der Waals surface area contributed by atoms with Crippen LogP contribution < -0.4 is 5.32 Å². The highest BCUT2D eigenvalue weighted by Gasteiger charge is 2.29. The number of carbonyl (C=O) groups excluding carboxylic acids is 1. The number of nitrogens with one attached hydrogen (secondary N) is 1. The molecule has 1 aromatic carbocycles. The van der Waals surface area contributed by atoms with Gasteiger partial charge in [-0.25, -0.2) is 4.68 Å². The van der Waals surface area contributed by atoms with Gasteiger partial charge in [0.15, 0.2) is 0 Å². The maximum atomic E-state index is 12.3. The Bertz CT molecular complexity index is 760. The van der Waals surface area contributed by atoms with Crippen LogP contribution in [0.1, 0.15) is 38.3 Å². The van der Waals surface area contributed by atoms with E-state index in [-0.39, 0.29) is 11.7 Å². The molecule has 9 heteroatoms. The van der Waals surface area contributed by atoms with Crippen molar-refractivity contribution in [3.8, 4) is 0 Å². The molecule has 6 nitrogen and oxygen atoms in total. The van der Waals surface area contributed by atoms with Gasteiger partial charge < -0.3 is 5.32 Å². The molecule has 1 amide bonds. The van der Waals surface area contributed by atoms with E-state index in [0.717, 1.165) is 18.4 Å². The van der Waals surface area contributed by atoms with Crippen LogP contribution in [0.3, 0.4) is 0 Å². The molecule has 0 atom stereocenters. The summed E-state index contributed by atoms with van der Waals surface area (Å²) < 4.78 is 1.79. The molecule has 1 aromatic heterocycles. The second-order valence-electron chi connectivity index (χ2n) is 6.23. The molecule has 128 valence electrons. The Morgan fingerprint density at radius 1 is 1.38 bits per heavy atom. The first-order valence-corrected chi connectivity index (χ1v) is 9.28. The van der Waals surface area contributed by atoms with Gasteiger partial charge in [0.05, 0.1) is 27.4 Å². The summed E-state index contributed by atoms with van der Waals surface area (Å²) in [4.78, 5) is 12.3. The smallest absolute Gasteiger partial charge is 0.231 e. The molecule has 0 spiro atoms. The van der Waals surface area contributed by atoms with E-state index in [4.69, 9.17) is 23.2 Å². The fourth-order valence-electron chi connectivity index (χ4n) is 2.30. The minimum Gasteiger partial charge on any atom is -0.346 e. The first kappa shape index (κ1) is 17.5. The average Bonchev–Trinajstić information content (AvgIpc) is 3.26. The number of rotatable bonds is 6. The fraction of sp³-hybridized carbons (Fsp3) is 0.467. The highest BCUT2D eigenvalue weighted by atomic mass is 35.5. The zero-order valence-electron chi connectivity index (χ0n) is 13.3. The molecule has 1 aliphatic rings. The summed E-state index contributed by atoms with van der Waals surface area (Å²) >= 11 is 13.3. The lowest BCUT2D eigenvalue weighted by Gasteiger charge is -2.27. The second-order valence-corrected chi connectivity index (χ2v) is 7.98. The van der Waals surface area contributed by atoms with Gasteiger partial charge in [-0.2, -0.15) is 0 Å². The summed E-state index contributed by atoms with van der Waals surface area (Å²) in [7, 11) is 0. The van der Waals surface area contributed by atoms with Gasteiger partial charge in [-0.05, 0) is 54.8 Å². The van der Waals surface area contributed by atoms with Gasteiger partial charge in [0, 0.05) is 0 Å². The van der Waals surface area contributed by atoms with Gasteiger partial charge in [-0.3, -0.25) is 4.79 Å². The standard InChI is InChI=1S/C15H17Cl2N5OS/c1-15(2,9-3-6-11(16)12(17)7-9)18-13(23)8-24-14-19-20-21-22(14)10-4-5-10/h3,6-7,10H,4-5,8H2,1-2H3,(H,18,23). The lowest BCUT2D eigenvalue weighted by Crippen LogP contribution is -2.42. The second kappa shape index (κ2) is 6.90. The summed E-state index contributed by atoms with van der Waals surface area (Å²) in [5.74, 6) is 0.152. The number of tetrazole rings is 1. The number of amides is 1. The molecule has 1 saturated carbocycles. The number of thioether (sulfide) groups is 1. The summed E-state index contributed by atoms with van der Waals surface area (Å²) in [6.45, 7) is 3.84. The topological polar surface area (TPSA) is 72.7 Å². The average molecular weight is 386 g/mol. The van der Waals surface area contributed by atoms with Gasteiger partial charge in [-0.1, -0.05) is 41.0 Å². The molecule has 0 saturated heterocycles. The van der Waals surface area contributed by atoms with E-state index in [1.807, 2.05) is 19.9 Å². The molecule has 1 aliphatic carbocycles. The highest BCUT2D eigenvalue weighted by molar-refractivity contribution is 7.99. The summed E-state index contributed by atoms with van der Waals surface area (Å²) in [6.07, 6.45) is 2.18. The fourth-order valence-corrected chi connectivity index (χ4v) is 3.34. The molecule has 0 radical (unpaired) electrons. The monoisotopic (exact) mass is 385 g/mol. The van der Waals surface area contributed by atoms with Crippen LogP contribution in [0.25, 0.3) is 0 Å².